The molecule has 24 heavy (non-hydrogen) atoms. The topological polar surface area (TPSA) is 63.2 Å². The minimum Gasteiger partial charge on any atom is -0.354 e. The Morgan fingerprint density at radius 3 is 2.42 bits per heavy atom. The van der Waals surface area contributed by atoms with Gasteiger partial charge in [-0.15, -0.1) is 11.3 Å². The lowest BCUT2D eigenvalue weighted by molar-refractivity contribution is -0.121. The van der Waals surface area contributed by atoms with Gasteiger partial charge in [-0.2, -0.15) is 0 Å². The van der Waals surface area contributed by atoms with Gasteiger partial charge in [-0.3, -0.25) is 4.79 Å². The quantitative estimate of drug-likeness (QED) is 0.812. The van der Waals surface area contributed by atoms with Crippen LogP contribution in [0.2, 0.25) is 0 Å². The molecule has 0 saturated carbocycles. The normalized spacial score (nSPS) is 13.0. The first kappa shape index (κ1) is 18.6. The van der Waals surface area contributed by atoms with E-state index < -0.39 is 20.9 Å². The van der Waals surface area contributed by atoms with Crippen LogP contribution in [0.1, 0.15) is 31.1 Å². The van der Waals surface area contributed by atoms with Crippen molar-refractivity contribution in [2.75, 3.05) is 6.54 Å². The van der Waals surface area contributed by atoms with E-state index >= 15 is 0 Å². The average molecular weight is 369 g/mol. The molecule has 1 heterocycles. The molecule has 4 nitrogen and oxygen atoms in total. The van der Waals surface area contributed by atoms with Crippen molar-refractivity contribution < 1.29 is 17.6 Å². The average Bonchev–Trinajstić information content (AvgIpc) is 3.03. The molecule has 1 atom stereocenters. The number of benzene rings is 1. The van der Waals surface area contributed by atoms with Crippen LogP contribution in [0.15, 0.2) is 46.0 Å². The second-order valence-corrected chi connectivity index (χ2v) is 9.22. The minimum absolute atomic E-state index is 0.0442. The molecule has 0 aliphatic rings. The molecule has 0 bridgehead atoms. The van der Waals surface area contributed by atoms with Gasteiger partial charge in [-0.1, -0.05) is 32.0 Å². The molecule has 0 aliphatic carbocycles. The van der Waals surface area contributed by atoms with Crippen molar-refractivity contribution in [3.63, 3.8) is 0 Å². The van der Waals surface area contributed by atoms with Crippen LogP contribution in [0.4, 0.5) is 4.39 Å². The molecule has 0 unspecified atom stereocenters. The van der Waals surface area contributed by atoms with Crippen LogP contribution < -0.4 is 5.32 Å². The fourth-order valence-corrected chi connectivity index (χ4v) is 5.17. The first-order chi connectivity index (χ1) is 11.3. The lowest BCUT2D eigenvalue weighted by Crippen LogP contribution is -2.32. The Morgan fingerprint density at radius 1 is 1.21 bits per heavy atom. The summed E-state index contributed by atoms with van der Waals surface area (Å²) in [6.45, 7) is 3.79. The van der Waals surface area contributed by atoms with Gasteiger partial charge in [0.2, 0.25) is 5.91 Å². The van der Waals surface area contributed by atoms with E-state index in [1.807, 2.05) is 13.8 Å². The van der Waals surface area contributed by atoms with Gasteiger partial charge in [0, 0.05) is 13.0 Å². The summed E-state index contributed by atoms with van der Waals surface area (Å²) < 4.78 is 39.1. The van der Waals surface area contributed by atoms with E-state index in [4.69, 9.17) is 0 Å². The van der Waals surface area contributed by atoms with Gasteiger partial charge in [-0.25, -0.2) is 12.8 Å². The van der Waals surface area contributed by atoms with E-state index in [1.165, 1.54) is 30.3 Å². The third-order valence-corrected chi connectivity index (χ3v) is 7.00. The Balaban J connectivity index is 2.28. The van der Waals surface area contributed by atoms with E-state index in [9.17, 15) is 17.6 Å². The molecule has 1 aromatic heterocycles. The first-order valence-electron chi connectivity index (χ1n) is 7.60. The maximum Gasteiger partial charge on any atom is 0.220 e. The molecular weight excluding hydrogens is 349 g/mol. The van der Waals surface area contributed by atoms with Crippen molar-refractivity contribution >= 4 is 27.1 Å². The van der Waals surface area contributed by atoms with E-state index in [2.05, 4.69) is 5.32 Å². The van der Waals surface area contributed by atoms with E-state index in [1.54, 1.807) is 11.4 Å². The summed E-state index contributed by atoms with van der Waals surface area (Å²) >= 11 is 1.13. The maximum atomic E-state index is 13.2. The number of thiophene rings is 1. The van der Waals surface area contributed by atoms with E-state index in [0.29, 0.717) is 12.0 Å². The number of nitrogens with one attached hydrogen (secondary N) is 1. The summed E-state index contributed by atoms with van der Waals surface area (Å²) in [7, 11) is -3.67. The number of carbonyl (C=O) groups is 1. The number of carbonyl (C=O) groups excluding carboxylic acids is 1. The predicted octanol–water partition coefficient (Wildman–Crippen LogP) is 3.56. The van der Waals surface area contributed by atoms with Gasteiger partial charge >= 0.3 is 0 Å². The molecule has 0 radical (unpaired) electrons. The summed E-state index contributed by atoms with van der Waals surface area (Å²) in [5, 5.41) is 3.42. The predicted molar refractivity (Wildman–Crippen MR) is 93.1 cm³/mol. The number of halogens is 1. The molecule has 0 aliphatic heterocycles. The molecule has 0 saturated heterocycles. The van der Waals surface area contributed by atoms with E-state index in [0.717, 1.165) is 11.3 Å². The second kappa shape index (κ2) is 7.90. The molecule has 0 fully saturated rings. The van der Waals surface area contributed by atoms with Crippen LogP contribution in [-0.2, 0) is 14.6 Å². The Hall–Kier alpha value is -1.73. The minimum atomic E-state index is -3.67. The smallest absolute Gasteiger partial charge is 0.220 e. The number of hydrogen-bond acceptors (Lipinski definition) is 4. The van der Waals surface area contributed by atoms with Crippen molar-refractivity contribution in [1.29, 1.82) is 0 Å². The van der Waals surface area contributed by atoms with Gasteiger partial charge in [0.1, 0.15) is 15.3 Å². The molecule has 0 spiro atoms. The zero-order valence-electron chi connectivity index (χ0n) is 13.5. The third-order valence-electron chi connectivity index (χ3n) is 3.47. The number of sulfone groups is 1. The summed E-state index contributed by atoms with van der Waals surface area (Å²) in [5.74, 6) is -0.448. The van der Waals surface area contributed by atoms with Crippen LogP contribution in [-0.4, -0.2) is 20.9 Å². The first-order valence-corrected chi connectivity index (χ1v) is 10.0. The lowest BCUT2D eigenvalue weighted by atomic mass is 10.1. The van der Waals surface area contributed by atoms with Crippen LogP contribution in [0, 0.1) is 11.7 Å². The molecule has 1 aromatic carbocycles. The summed E-state index contributed by atoms with van der Waals surface area (Å²) in [6.07, 6.45) is 0.329. The zero-order valence-corrected chi connectivity index (χ0v) is 15.2. The molecule has 2 aromatic rings. The summed E-state index contributed by atoms with van der Waals surface area (Å²) in [6, 6.07) is 8.53. The number of rotatable bonds is 7. The SMILES string of the molecule is CC(C)CC(=O)NC[C@H](c1ccc(F)cc1)S(=O)(=O)c1cccs1. The Bertz CT molecular complexity index is 769. The van der Waals surface area contributed by atoms with Crippen LogP contribution in [0.5, 0.6) is 0 Å². The van der Waals surface area contributed by atoms with Gasteiger partial charge < -0.3 is 5.32 Å². The molecule has 1 N–H and O–H groups in total. The Kier molecular flexibility index (Phi) is 6.12. The van der Waals surface area contributed by atoms with Crippen molar-refractivity contribution in [2.24, 2.45) is 5.92 Å². The van der Waals surface area contributed by atoms with Crippen molar-refractivity contribution in [1.82, 2.24) is 5.32 Å². The highest BCUT2D eigenvalue weighted by Gasteiger charge is 2.30. The highest BCUT2D eigenvalue weighted by Crippen LogP contribution is 2.31. The second-order valence-electron chi connectivity index (χ2n) is 5.92. The standard InChI is InChI=1S/C17H20FNO3S2/c1-12(2)10-16(20)19-11-15(13-5-7-14(18)8-6-13)24(21,22)17-4-3-9-23-17/h3-9,12,15H,10-11H2,1-2H3,(H,19,20)/t15-/m1/s1. The fourth-order valence-electron chi connectivity index (χ4n) is 2.30. The third kappa shape index (κ3) is 4.64. The number of hydrogen-bond donors (Lipinski definition) is 1. The van der Waals surface area contributed by atoms with Crippen molar-refractivity contribution in [2.45, 2.75) is 29.7 Å². The van der Waals surface area contributed by atoms with Crippen LogP contribution >= 0.6 is 11.3 Å². The zero-order chi connectivity index (χ0) is 17.7. The van der Waals surface area contributed by atoms with Gasteiger partial charge in [0.15, 0.2) is 9.84 Å². The van der Waals surface area contributed by atoms with Crippen molar-refractivity contribution in [3.05, 3.63) is 53.2 Å². The lowest BCUT2D eigenvalue weighted by Gasteiger charge is -2.18. The molecule has 7 heteroatoms. The van der Waals surface area contributed by atoms with Gasteiger partial charge in [-0.05, 0) is 35.1 Å². The Labute approximate surface area is 145 Å². The highest BCUT2D eigenvalue weighted by atomic mass is 32.2. The summed E-state index contributed by atoms with van der Waals surface area (Å²) in [4.78, 5) is 11.9. The van der Waals surface area contributed by atoms with Gasteiger partial charge in [0.25, 0.3) is 0 Å². The van der Waals surface area contributed by atoms with E-state index in [-0.39, 0.29) is 22.6 Å². The van der Waals surface area contributed by atoms with Crippen molar-refractivity contribution in [3.8, 4) is 0 Å². The molecule has 1 amide bonds. The van der Waals surface area contributed by atoms with Crippen LogP contribution in [0.25, 0.3) is 0 Å². The highest BCUT2D eigenvalue weighted by molar-refractivity contribution is 7.93. The number of amides is 1. The molecular formula is C17H20FNO3S2. The molecule has 2 rings (SSSR count). The van der Waals surface area contributed by atoms with Gasteiger partial charge in [0.05, 0.1) is 0 Å². The largest absolute Gasteiger partial charge is 0.354 e. The summed E-state index contributed by atoms with van der Waals surface area (Å²) in [5.41, 5.74) is 0.453. The van der Waals surface area contributed by atoms with Crippen LogP contribution in [0.3, 0.4) is 0 Å². The fraction of sp³-hybridized carbons (Fsp3) is 0.353. The monoisotopic (exact) mass is 369 g/mol. The maximum absolute atomic E-state index is 13.2. The Morgan fingerprint density at radius 2 is 1.88 bits per heavy atom. The molecule has 130 valence electrons.